The SMILES string of the molecule is CO[C@@H]1[C@@H](O)[C@H](C)O[C@@]2(C[C@@H]2ONCc2ccc(-c3ncn(-c4ccc(OC(F)(F)C(F)(F)F)cc4)n3)cc2)[C@@H]1OC. The van der Waals surface area contributed by atoms with Gasteiger partial charge in [-0.3, -0.25) is 4.84 Å². The predicted molar refractivity (Wildman–Crippen MR) is 136 cm³/mol. The largest absolute Gasteiger partial charge is 0.499 e. The Hall–Kier alpha value is -3.21. The van der Waals surface area contributed by atoms with Crippen LogP contribution in [-0.4, -0.2) is 82.5 Å². The number of aromatic nitrogens is 3. The van der Waals surface area contributed by atoms with Crippen molar-refractivity contribution >= 4 is 0 Å². The summed E-state index contributed by atoms with van der Waals surface area (Å²) in [5.41, 5.74) is 4.23. The van der Waals surface area contributed by atoms with Crippen LogP contribution in [0.4, 0.5) is 22.0 Å². The molecule has 6 atom stereocenters. The number of ether oxygens (including phenoxy) is 4. The van der Waals surface area contributed by atoms with Crippen LogP contribution >= 0.6 is 0 Å². The number of hydrogen-bond donors (Lipinski definition) is 2. The molecule has 0 unspecified atom stereocenters. The molecule has 42 heavy (non-hydrogen) atoms. The van der Waals surface area contributed by atoms with Crippen molar-refractivity contribution in [3.63, 3.8) is 0 Å². The van der Waals surface area contributed by atoms with Gasteiger partial charge in [0.1, 0.15) is 42.1 Å². The Morgan fingerprint density at radius 3 is 2.36 bits per heavy atom. The molecule has 0 bridgehead atoms. The van der Waals surface area contributed by atoms with Gasteiger partial charge in [0.05, 0.1) is 11.8 Å². The molecule has 2 aromatic carbocycles. The molecule has 1 aliphatic heterocycles. The second kappa shape index (κ2) is 11.5. The third-order valence-corrected chi connectivity index (χ3v) is 7.30. The highest BCUT2D eigenvalue weighted by Gasteiger charge is 2.69. The van der Waals surface area contributed by atoms with Crippen LogP contribution in [0.2, 0.25) is 0 Å². The molecule has 3 aromatic rings. The van der Waals surface area contributed by atoms with Gasteiger partial charge >= 0.3 is 12.3 Å². The van der Waals surface area contributed by atoms with E-state index in [-0.39, 0.29) is 6.10 Å². The van der Waals surface area contributed by atoms with Crippen molar-refractivity contribution in [2.45, 2.75) is 68.3 Å². The van der Waals surface area contributed by atoms with E-state index in [1.54, 1.807) is 14.0 Å². The fraction of sp³-hybridized carbons (Fsp3) is 0.481. The van der Waals surface area contributed by atoms with E-state index < -0.39 is 48.1 Å². The first kappa shape index (κ1) is 30.3. The fourth-order valence-corrected chi connectivity index (χ4v) is 4.99. The molecule has 1 saturated heterocycles. The van der Waals surface area contributed by atoms with E-state index in [9.17, 15) is 27.1 Å². The summed E-state index contributed by atoms with van der Waals surface area (Å²) in [5.74, 6) is -0.276. The number of hydrogen-bond acceptors (Lipinski definition) is 9. The number of hydroxylamine groups is 1. The summed E-state index contributed by atoms with van der Waals surface area (Å²) in [6.45, 7) is 2.17. The molecule has 1 spiro atoms. The number of methoxy groups -OCH3 is 2. The van der Waals surface area contributed by atoms with Crippen molar-refractivity contribution in [2.75, 3.05) is 14.2 Å². The van der Waals surface area contributed by atoms with E-state index in [1.807, 2.05) is 24.3 Å². The van der Waals surface area contributed by atoms with Crippen LogP contribution in [0.5, 0.6) is 5.75 Å². The number of aliphatic hydroxyl groups is 1. The Bertz CT molecular complexity index is 1360. The minimum absolute atomic E-state index is 0.288. The highest BCUT2D eigenvalue weighted by molar-refractivity contribution is 5.55. The van der Waals surface area contributed by atoms with Gasteiger partial charge in [-0.1, -0.05) is 24.3 Å². The summed E-state index contributed by atoms with van der Waals surface area (Å²) in [6.07, 6.45) is -11.7. The van der Waals surface area contributed by atoms with Gasteiger partial charge in [0, 0.05) is 32.7 Å². The first-order valence-electron chi connectivity index (χ1n) is 12.9. The van der Waals surface area contributed by atoms with Gasteiger partial charge in [0.15, 0.2) is 5.82 Å². The maximum absolute atomic E-state index is 13.1. The normalized spacial score (nSPS) is 27.8. The molecule has 0 radical (unpaired) electrons. The van der Waals surface area contributed by atoms with Crippen molar-refractivity contribution < 1.29 is 50.8 Å². The zero-order valence-electron chi connectivity index (χ0n) is 22.7. The Balaban J connectivity index is 1.15. The lowest BCUT2D eigenvalue weighted by molar-refractivity contribution is -0.360. The van der Waals surface area contributed by atoms with Crippen LogP contribution in [0.1, 0.15) is 18.9 Å². The molecule has 5 rings (SSSR count). The van der Waals surface area contributed by atoms with Crippen LogP contribution in [0.3, 0.4) is 0 Å². The molecule has 15 heteroatoms. The first-order chi connectivity index (χ1) is 19.9. The smallest absolute Gasteiger partial charge is 0.426 e. The average molecular weight is 601 g/mol. The Morgan fingerprint density at radius 1 is 1.05 bits per heavy atom. The van der Waals surface area contributed by atoms with E-state index in [0.29, 0.717) is 30.0 Å². The van der Waals surface area contributed by atoms with Gasteiger partial charge in [-0.05, 0) is 36.8 Å². The van der Waals surface area contributed by atoms with Crippen LogP contribution in [0, 0.1) is 0 Å². The summed E-state index contributed by atoms with van der Waals surface area (Å²) in [4.78, 5) is 10.1. The highest BCUT2D eigenvalue weighted by atomic mass is 19.4. The van der Waals surface area contributed by atoms with Crippen LogP contribution in [0.15, 0.2) is 54.9 Å². The van der Waals surface area contributed by atoms with E-state index in [4.69, 9.17) is 19.0 Å². The minimum Gasteiger partial charge on any atom is -0.426 e. The van der Waals surface area contributed by atoms with Crippen molar-refractivity contribution in [1.82, 2.24) is 20.2 Å². The van der Waals surface area contributed by atoms with Crippen LogP contribution in [0.25, 0.3) is 17.1 Å². The van der Waals surface area contributed by atoms with E-state index in [2.05, 4.69) is 20.3 Å². The average Bonchev–Trinajstić information content (AvgIpc) is 3.38. The first-order valence-corrected chi connectivity index (χ1v) is 12.9. The monoisotopic (exact) mass is 600 g/mol. The van der Waals surface area contributed by atoms with Crippen molar-refractivity contribution in [3.8, 4) is 22.8 Å². The number of halogens is 5. The fourth-order valence-electron chi connectivity index (χ4n) is 4.99. The molecule has 10 nitrogen and oxygen atoms in total. The molecule has 2 heterocycles. The molecule has 228 valence electrons. The van der Waals surface area contributed by atoms with E-state index in [0.717, 1.165) is 17.7 Å². The number of alkyl halides is 5. The third kappa shape index (κ3) is 5.85. The molecule has 1 saturated carbocycles. The Kier molecular flexibility index (Phi) is 8.26. The maximum Gasteiger partial charge on any atom is 0.499 e. The minimum atomic E-state index is -5.83. The van der Waals surface area contributed by atoms with Gasteiger partial charge in [0.2, 0.25) is 0 Å². The zero-order chi connectivity index (χ0) is 30.3. The number of aliphatic hydroxyl groups excluding tert-OH is 1. The third-order valence-electron chi connectivity index (χ3n) is 7.30. The van der Waals surface area contributed by atoms with Crippen LogP contribution in [-0.2, 0) is 25.6 Å². The lowest BCUT2D eigenvalue weighted by atomic mass is 9.93. The number of benzene rings is 2. The standard InChI is InChI=1S/C27H29F5N4O6/c1-15-21(37)22(38-2)23(39-3)25(40-15)12-20(25)42-34-13-16-4-6-17(7-5-16)24-33-14-36(35-24)18-8-10-19(11-9-18)41-27(31,32)26(28,29)30/h4-11,14-15,20-23,34,37H,12-13H2,1-3H3/t15-,20-,21-,22+,23+,25+/m0/s1. The summed E-state index contributed by atoms with van der Waals surface area (Å²) >= 11 is 0. The molecule has 1 aromatic heterocycles. The van der Waals surface area contributed by atoms with Gasteiger partial charge in [0.25, 0.3) is 0 Å². The molecular formula is C27H29F5N4O6. The van der Waals surface area contributed by atoms with Crippen molar-refractivity contribution in [3.05, 3.63) is 60.4 Å². The maximum atomic E-state index is 13.1. The number of nitrogens with one attached hydrogen (secondary N) is 1. The van der Waals surface area contributed by atoms with E-state index >= 15 is 0 Å². The van der Waals surface area contributed by atoms with Gasteiger partial charge in [-0.15, -0.1) is 5.10 Å². The van der Waals surface area contributed by atoms with Gasteiger partial charge in [-0.25, -0.2) is 9.67 Å². The van der Waals surface area contributed by atoms with Crippen molar-refractivity contribution in [1.29, 1.82) is 0 Å². The molecule has 2 aliphatic rings. The van der Waals surface area contributed by atoms with Gasteiger partial charge in [-0.2, -0.15) is 27.4 Å². The highest BCUT2D eigenvalue weighted by Crippen LogP contribution is 2.51. The van der Waals surface area contributed by atoms with E-state index in [1.165, 1.54) is 30.3 Å². The van der Waals surface area contributed by atoms with Crippen LogP contribution < -0.4 is 10.2 Å². The number of rotatable bonds is 10. The molecule has 2 fully saturated rings. The number of nitrogens with zero attached hydrogens (tertiary/aromatic N) is 3. The second-order valence-electron chi connectivity index (χ2n) is 10.1. The molecule has 1 aliphatic carbocycles. The lowest BCUT2D eigenvalue weighted by Gasteiger charge is -2.43. The summed E-state index contributed by atoms with van der Waals surface area (Å²) in [7, 11) is 3.07. The summed E-state index contributed by atoms with van der Waals surface area (Å²) in [5, 5.41) is 14.7. The predicted octanol–water partition coefficient (Wildman–Crippen LogP) is 3.81. The van der Waals surface area contributed by atoms with Crippen molar-refractivity contribution in [2.24, 2.45) is 0 Å². The molecule has 2 N–H and O–H groups in total. The second-order valence-corrected chi connectivity index (χ2v) is 10.1. The topological polar surface area (TPSA) is 109 Å². The lowest BCUT2D eigenvalue weighted by Crippen LogP contribution is -2.60. The molecule has 0 amide bonds. The van der Waals surface area contributed by atoms with Gasteiger partial charge < -0.3 is 24.1 Å². The molecular weight excluding hydrogens is 571 g/mol. The quantitative estimate of drug-likeness (QED) is 0.265. The zero-order valence-corrected chi connectivity index (χ0v) is 22.7. The Labute approximate surface area is 237 Å². The Morgan fingerprint density at radius 2 is 1.74 bits per heavy atom. The summed E-state index contributed by atoms with van der Waals surface area (Å²) < 4.78 is 85.6. The summed E-state index contributed by atoms with van der Waals surface area (Å²) in [6, 6.07) is 11.9.